The standard InChI is InChI=1S/C31H51N2P2.2ClH.Fe/c1-20(2)34(21(3)4)28-17-24(30(9,10)11)15-26-27-16-25(31(12,13)14)18-29(33(27)19-32(26)28)35(22(5)6)23(7)8;;;/h15-23H,1-14H3;2*1H;/q-1;;;+3/p-2. The summed E-state index contributed by atoms with van der Waals surface area (Å²) in [6.45, 7) is 35.9. The topological polar surface area (TPSA) is 6.48 Å². The van der Waals surface area contributed by atoms with Gasteiger partial charge in [0.1, 0.15) is 0 Å². The molecule has 0 atom stereocenters. The molecule has 0 radical (unpaired) electrons. The van der Waals surface area contributed by atoms with E-state index in [-0.39, 0.29) is 39.8 Å². The van der Waals surface area contributed by atoms with E-state index in [0.29, 0.717) is 22.6 Å². The maximum absolute atomic E-state index is 4.76. The van der Waals surface area contributed by atoms with E-state index < -0.39 is 0 Å². The summed E-state index contributed by atoms with van der Waals surface area (Å²) in [5.74, 6) is 0. The number of hydrogen-bond donors (Lipinski definition) is 0. The third-order valence-electron chi connectivity index (χ3n) is 7.15. The third kappa shape index (κ3) is 7.75. The van der Waals surface area contributed by atoms with Gasteiger partial charge in [-0.25, -0.2) is 0 Å². The summed E-state index contributed by atoms with van der Waals surface area (Å²) in [7, 11) is 8.93. The molecule has 0 fully saturated rings. The first-order chi connectivity index (χ1) is 17.4. The van der Waals surface area contributed by atoms with Crippen molar-refractivity contribution in [3.63, 3.8) is 0 Å². The molecule has 3 rings (SSSR count). The van der Waals surface area contributed by atoms with Crippen molar-refractivity contribution in [3.05, 3.63) is 64.4 Å². The number of nitrogens with zero attached hydrogens (tertiary/aromatic N) is 2. The Kier molecular flexibility index (Phi) is 12.2. The van der Waals surface area contributed by atoms with Crippen LogP contribution in [0.5, 0.6) is 0 Å². The van der Waals surface area contributed by atoms with Crippen LogP contribution in [0.25, 0.3) is 0 Å². The van der Waals surface area contributed by atoms with E-state index in [1.807, 2.05) is 0 Å². The molecule has 2 nitrogen and oxygen atoms in total. The fourth-order valence-corrected chi connectivity index (χ4v) is 11.3. The minimum atomic E-state index is -0.299. The first-order valence-electron chi connectivity index (χ1n) is 13.8. The molecule has 3 aliphatic rings. The molecule has 0 amide bonds. The normalized spacial score (nSPS) is 18.3. The average Bonchev–Trinajstić information content (AvgIpc) is 3.11. The molecule has 3 aliphatic heterocycles. The molecular formula is C31H51Cl2FeN2P2. The van der Waals surface area contributed by atoms with Gasteiger partial charge in [-0.1, -0.05) is 113 Å². The van der Waals surface area contributed by atoms with Crippen LogP contribution >= 0.6 is 36.0 Å². The molecule has 0 aromatic heterocycles. The van der Waals surface area contributed by atoms with E-state index in [2.05, 4.69) is 138 Å². The fraction of sp³-hybridized carbons (Fsp3) is 0.645. The Balaban J connectivity index is 0.00000161. The minimum absolute atomic E-state index is 0.111. The van der Waals surface area contributed by atoms with Crippen LogP contribution in [0.2, 0.25) is 0 Å². The van der Waals surface area contributed by atoms with Crippen molar-refractivity contribution in [2.75, 3.05) is 0 Å². The quantitative estimate of drug-likeness (QED) is 0.162. The second-order valence-corrected chi connectivity index (χ2v) is 22.1. The van der Waals surface area contributed by atoms with E-state index in [4.69, 9.17) is 20.2 Å². The predicted molar refractivity (Wildman–Crippen MR) is 172 cm³/mol. The van der Waals surface area contributed by atoms with Crippen LogP contribution in [0.15, 0.2) is 57.7 Å². The summed E-state index contributed by atoms with van der Waals surface area (Å²) < 4.78 is 0. The predicted octanol–water partition coefficient (Wildman–Crippen LogP) is 11.6. The van der Waals surface area contributed by atoms with Crippen LogP contribution in [0, 0.1) is 17.5 Å². The van der Waals surface area contributed by atoms with Crippen LogP contribution in [0.4, 0.5) is 0 Å². The summed E-state index contributed by atoms with van der Waals surface area (Å²) in [5.41, 5.74) is 11.5. The van der Waals surface area contributed by atoms with Gasteiger partial charge in [0, 0.05) is 22.3 Å². The summed E-state index contributed by atoms with van der Waals surface area (Å²) in [4.78, 5) is 5.14. The zero-order valence-corrected chi connectivity index (χ0v) is 30.5. The van der Waals surface area contributed by atoms with Crippen molar-refractivity contribution in [1.29, 1.82) is 0 Å². The van der Waals surface area contributed by atoms with Crippen LogP contribution in [-0.2, 0) is 13.1 Å². The Morgan fingerprint density at radius 2 is 0.868 bits per heavy atom. The SMILES string of the molecule is CC(C)P(C1=CC(C(C)(C)C)=CC2=C3C=C(C(C)(C)C)C=C(P(C(C)C)C(C)C)N3[CH-]N12)C(C)C.[Cl][Fe+][Cl]. The summed E-state index contributed by atoms with van der Waals surface area (Å²) >= 11 is 0.194. The molecule has 0 bridgehead atoms. The van der Waals surface area contributed by atoms with Gasteiger partial charge in [-0.15, -0.1) is 6.67 Å². The molecule has 0 aromatic rings. The summed E-state index contributed by atoms with van der Waals surface area (Å²) in [6, 6.07) is 0. The van der Waals surface area contributed by atoms with Crippen molar-refractivity contribution in [2.24, 2.45) is 10.8 Å². The molecule has 217 valence electrons. The van der Waals surface area contributed by atoms with Gasteiger partial charge in [0.25, 0.3) is 0 Å². The van der Waals surface area contributed by atoms with Crippen molar-refractivity contribution < 1.29 is 13.1 Å². The summed E-state index contributed by atoms with van der Waals surface area (Å²) in [6.07, 6.45) is 10.0. The zero-order valence-electron chi connectivity index (χ0n) is 26.1. The fourth-order valence-electron chi connectivity index (χ4n) is 5.45. The second-order valence-electron chi connectivity index (χ2n) is 13.6. The monoisotopic (exact) mass is 639 g/mol. The van der Waals surface area contributed by atoms with E-state index in [9.17, 15) is 0 Å². The van der Waals surface area contributed by atoms with Crippen LogP contribution < -0.4 is 0 Å². The number of halogens is 2. The number of hydrogen-bond acceptors (Lipinski definition) is 2. The first kappa shape index (κ1) is 34.5. The van der Waals surface area contributed by atoms with Gasteiger partial charge in [0.15, 0.2) is 0 Å². The van der Waals surface area contributed by atoms with Gasteiger partial charge in [-0.2, -0.15) is 0 Å². The molecule has 3 heterocycles. The van der Waals surface area contributed by atoms with E-state index in [0.717, 1.165) is 0 Å². The van der Waals surface area contributed by atoms with Gasteiger partial charge in [-0.05, 0) is 68.9 Å². The Bertz CT molecular complexity index is 914. The molecular weight excluding hydrogens is 589 g/mol. The van der Waals surface area contributed by atoms with Crippen LogP contribution in [0.1, 0.15) is 96.9 Å². The molecule has 7 heteroatoms. The Morgan fingerprint density at radius 1 is 0.605 bits per heavy atom. The third-order valence-corrected chi connectivity index (χ3v) is 13.3. The second kappa shape index (κ2) is 13.5. The Morgan fingerprint density at radius 3 is 1.08 bits per heavy atom. The van der Waals surface area contributed by atoms with E-state index in [1.54, 1.807) is 0 Å². The maximum atomic E-state index is 4.76. The Hall–Kier alpha value is 0.259. The molecule has 0 saturated carbocycles. The van der Waals surface area contributed by atoms with Gasteiger partial charge in [0.2, 0.25) is 0 Å². The van der Waals surface area contributed by atoms with E-state index in [1.165, 1.54) is 33.4 Å². The molecule has 0 N–H and O–H groups in total. The number of fused-ring (bicyclic) bond motifs is 2. The van der Waals surface area contributed by atoms with Gasteiger partial charge in [0.05, 0.1) is 0 Å². The molecule has 0 spiro atoms. The van der Waals surface area contributed by atoms with Crippen LogP contribution in [0.3, 0.4) is 0 Å². The summed E-state index contributed by atoms with van der Waals surface area (Å²) in [5, 5.41) is 0. The Labute approximate surface area is 252 Å². The van der Waals surface area contributed by atoms with Gasteiger partial charge >= 0.3 is 33.3 Å². The molecule has 0 aliphatic carbocycles. The zero-order chi connectivity index (χ0) is 29.3. The molecule has 0 saturated heterocycles. The van der Waals surface area contributed by atoms with Crippen molar-refractivity contribution >= 4 is 36.0 Å². The molecule has 38 heavy (non-hydrogen) atoms. The van der Waals surface area contributed by atoms with E-state index >= 15 is 0 Å². The molecule has 0 unspecified atom stereocenters. The molecule has 0 aromatic carbocycles. The van der Waals surface area contributed by atoms with Gasteiger partial charge in [-0.3, -0.25) is 0 Å². The number of rotatable bonds is 6. The van der Waals surface area contributed by atoms with Crippen molar-refractivity contribution in [2.45, 2.75) is 120 Å². The van der Waals surface area contributed by atoms with Crippen molar-refractivity contribution in [1.82, 2.24) is 9.80 Å². The van der Waals surface area contributed by atoms with Crippen molar-refractivity contribution in [3.8, 4) is 0 Å². The van der Waals surface area contributed by atoms with Gasteiger partial charge < -0.3 is 9.80 Å². The van der Waals surface area contributed by atoms with Crippen LogP contribution in [-0.4, -0.2) is 32.4 Å². The number of allylic oxidation sites excluding steroid dienone is 6. The first-order valence-corrected chi connectivity index (χ1v) is 19.8. The average molecular weight is 640 g/mol.